The highest BCUT2D eigenvalue weighted by Crippen LogP contribution is 2.05. The second kappa shape index (κ2) is 3.40. The van der Waals surface area contributed by atoms with Crippen molar-refractivity contribution in [1.82, 2.24) is 4.90 Å². The van der Waals surface area contributed by atoms with Gasteiger partial charge in [-0.15, -0.1) is 0 Å². The molecule has 1 aromatic heterocycles. The van der Waals surface area contributed by atoms with Crippen LogP contribution in [0.15, 0.2) is 23.0 Å². The zero-order chi connectivity index (χ0) is 9.14. The van der Waals surface area contributed by atoms with Gasteiger partial charge in [-0.1, -0.05) is 0 Å². The molecule has 0 aliphatic heterocycles. The smallest absolute Gasteiger partial charge is 0.323 e. The van der Waals surface area contributed by atoms with Gasteiger partial charge in [0.25, 0.3) is 5.91 Å². The van der Waals surface area contributed by atoms with Crippen LogP contribution in [-0.2, 0) is 0 Å². The Hall–Kier alpha value is -1.29. The van der Waals surface area contributed by atoms with Crippen molar-refractivity contribution in [2.24, 2.45) is 0 Å². The average Bonchev–Trinajstić information content (AvgIpc) is 2.53. The Morgan fingerprint density at radius 3 is 2.67 bits per heavy atom. The molecule has 0 N–H and O–H groups in total. The fraction of sp³-hybridized carbons (Fsp3) is 0.143. The van der Waals surface area contributed by atoms with Crippen LogP contribution in [-0.4, -0.2) is 23.2 Å². The van der Waals surface area contributed by atoms with Crippen LogP contribution in [0.2, 0.25) is 0 Å². The number of hydrogen-bond acceptors (Lipinski definition) is 3. The predicted molar refractivity (Wildman–Crippen MR) is 42.1 cm³/mol. The fourth-order valence-electron chi connectivity index (χ4n) is 0.660. The fourth-order valence-corrected chi connectivity index (χ4v) is 0.736. The van der Waals surface area contributed by atoms with Gasteiger partial charge in [0.05, 0.1) is 11.8 Å². The molecule has 0 saturated carbocycles. The molecule has 0 aliphatic rings. The van der Waals surface area contributed by atoms with Gasteiger partial charge in [-0.3, -0.25) is 14.5 Å². The minimum atomic E-state index is -0.818. The molecule has 64 valence electrons. The number of carbonyl (C=O) groups excluding carboxylic acids is 2. The van der Waals surface area contributed by atoms with E-state index in [2.05, 4.69) is 4.42 Å². The molecule has 2 amide bonds. The lowest BCUT2D eigenvalue weighted by Crippen LogP contribution is -2.28. The Morgan fingerprint density at radius 1 is 1.58 bits per heavy atom. The Morgan fingerprint density at radius 2 is 2.25 bits per heavy atom. The van der Waals surface area contributed by atoms with Crippen LogP contribution >= 0.6 is 11.6 Å². The summed E-state index contributed by atoms with van der Waals surface area (Å²) >= 11 is 5.08. The average molecular weight is 188 g/mol. The highest BCUT2D eigenvalue weighted by atomic mass is 35.5. The van der Waals surface area contributed by atoms with Gasteiger partial charge in [0.15, 0.2) is 0 Å². The van der Waals surface area contributed by atoms with E-state index >= 15 is 0 Å². The van der Waals surface area contributed by atoms with E-state index in [-0.39, 0.29) is 0 Å². The molecule has 0 aliphatic carbocycles. The van der Waals surface area contributed by atoms with E-state index in [1.165, 1.54) is 25.6 Å². The molecule has 0 fully saturated rings. The quantitative estimate of drug-likeness (QED) is 0.497. The number of rotatable bonds is 1. The Labute approximate surface area is 73.7 Å². The SMILES string of the molecule is CN(C(=O)Cl)C(=O)c1ccoc1. The van der Waals surface area contributed by atoms with Crippen molar-refractivity contribution in [3.8, 4) is 0 Å². The molecular weight excluding hydrogens is 182 g/mol. The number of nitrogens with zero attached hydrogens (tertiary/aromatic N) is 1. The maximum atomic E-state index is 11.2. The number of halogens is 1. The van der Waals surface area contributed by atoms with E-state index in [4.69, 9.17) is 11.6 Å². The van der Waals surface area contributed by atoms with Crippen molar-refractivity contribution in [2.45, 2.75) is 0 Å². The lowest BCUT2D eigenvalue weighted by molar-refractivity contribution is 0.0847. The summed E-state index contributed by atoms with van der Waals surface area (Å²) in [5.41, 5.74) is 0.298. The lowest BCUT2D eigenvalue weighted by Gasteiger charge is -2.08. The highest BCUT2D eigenvalue weighted by molar-refractivity contribution is 6.64. The third-order valence-corrected chi connectivity index (χ3v) is 1.59. The molecule has 0 atom stereocenters. The minimum Gasteiger partial charge on any atom is -0.472 e. The summed E-state index contributed by atoms with van der Waals surface area (Å²) in [7, 11) is 1.30. The standard InChI is InChI=1S/C7H6ClNO3/c1-9(7(8)11)6(10)5-2-3-12-4-5/h2-4H,1H3. The maximum Gasteiger partial charge on any atom is 0.323 e. The second-order valence-corrected chi connectivity index (χ2v) is 2.45. The van der Waals surface area contributed by atoms with Gasteiger partial charge in [-0.25, -0.2) is 0 Å². The number of furan rings is 1. The van der Waals surface area contributed by atoms with Crippen LogP contribution in [0.25, 0.3) is 0 Å². The molecule has 0 unspecified atom stereocenters. The van der Waals surface area contributed by atoms with Crippen LogP contribution in [0.1, 0.15) is 10.4 Å². The number of carbonyl (C=O) groups is 2. The monoisotopic (exact) mass is 187 g/mol. The molecule has 12 heavy (non-hydrogen) atoms. The first-order valence-corrected chi connectivity index (χ1v) is 3.50. The minimum absolute atomic E-state index is 0.298. The van der Waals surface area contributed by atoms with Crippen molar-refractivity contribution in [3.05, 3.63) is 24.2 Å². The molecule has 0 aromatic carbocycles. The van der Waals surface area contributed by atoms with Crippen molar-refractivity contribution >= 4 is 22.9 Å². The van der Waals surface area contributed by atoms with Gasteiger partial charge < -0.3 is 4.42 Å². The maximum absolute atomic E-state index is 11.2. The van der Waals surface area contributed by atoms with Gasteiger partial charge in [-0.2, -0.15) is 0 Å². The van der Waals surface area contributed by atoms with Gasteiger partial charge in [0.2, 0.25) is 0 Å². The van der Waals surface area contributed by atoms with E-state index in [0.29, 0.717) is 5.56 Å². The first-order valence-electron chi connectivity index (χ1n) is 3.12. The predicted octanol–water partition coefficient (Wildman–Crippen LogP) is 1.71. The zero-order valence-corrected chi connectivity index (χ0v) is 7.04. The number of amides is 2. The normalized spacial score (nSPS) is 9.50. The number of imide groups is 1. The Bertz CT molecular complexity index is 294. The first kappa shape index (κ1) is 8.80. The second-order valence-electron chi connectivity index (χ2n) is 2.13. The van der Waals surface area contributed by atoms with Crippen LogP contribution in [0.4, 0.5) is 4.79 Å². The molecule has 5 heteroatoms. The van der Waals surface area contributed by atoms with Gasteiger partial charge in [0, 0.05) is 7.05 Å². The molecule has 1 aromatic rings. The molecule has 4 nitrogen and oxygen atoms in total. The summed E-state index contributed by atoms with van der Waals surface area (Å²) in [6, 6.07) is 1.46. The Kier molecular flexibility index (Phi) is 2.50. The largest absolute Gasteiger partial charge is 0.472 e. The van der Waals surface area contributed by atoms with E-state index in [9.17, 15) is 9.59 Å². The topological polar surface area (TPSA) is 50.5 Å². The molecule has 0 bridgehead atoms. The van der Waals surface area contributed by atoms with Crippen molar-refractivity contribution < 1.29 is 14.0 Å². The molecule has 0 saturated heterocycles. The van der Waals surface area contributed by atoms with E-state index < -0.39 is 11.3 Å². The van der Waals surface area contributed by atoms with Crippen LogP contribution in [0.5, 0.6) is 0 Å². The third kappa shape index (κ3) is 1.65. The molecule has 1 heterocycles. The third-order valence-electron chi connectivity index (χ3n) is 1.34. The summed E-state index contributed by atoms with van der Waals surface area (Å²) in [5, 5.41) is -0.818. The van der Waals surface area contributed by atoms with Gasteiger partial charge in [-0.05, 0) is 17.7 Å². The van der Waals surface area contributed by atoms with Gasteiger partial charge >= 0.3 is 5.37 Å². The van der Waals surface area contributed by atoms with Crippen molar-refractivity contribution in [1.29, 1.82) is 0 Å². The summed E-state index contributed by atoms with van der Waals surface area (Å²) < 4.78 is 4.66. The van der Waals surface area contributed by atoms with Crippen LogP contribution in [0, 0.1) is 0 Å². The van der Waals surface area contributed by atoms with Crippen molar-refractivity contribution in [2.75, 3.05) is 7.05 Å². The zero-order valence-electron chi connectivity index (χ0n) is 6.28. The molecule has 1 rings (SSSR count). The van der Waals surface area contributed by atoms with Crippen LogP contribution in [0.3, 0.4) is 0 Å². The van der Waals surface area contributed by atoms with E-state index in [0.717, 1.165) is 4.90 Å². The van der Waals surface area contributed by atoms with Crippen LogP contribution < -0.4 is 0 Å². The van der Waals surface area contributed by atoms with Gasteiger partial charge in [0.1, 0.15) is 6.26 Å². The summed E-state index contributed by atoms with van der Waals surface area (Å²) in [6.45, 7) is 0. The molecule has 0 spiro atoms. The summed E-state index contributed by atoms with van der Waals surface area (Å²) in [5.74, 6) is -0.483. The number of hydrogen-bond donors (Lipinski definition) is 0. The molecular formula is C7H6ClNO3. The summed E-state index contributed by atoms with van der Waals surface area (Å²) in [6.07, 6.45) is 2.60. The highest BCUT2D eigenvalue weighted by Gasteiger charge is 2.16. The van der Waals surface area contributed by atoms with E-state index in [1.54, 1.807) is 0 Å². The molecule has 0 radical (unpaired) electrons. The van der Waals surface area contributed by atoms with Crippen molar-refractivity contribution in [3.63, 3.8) is 0 Å². The first-order chi connectivity index (χ1) is 5.63. The summed E-state index contributed by atoms with van der Waals surface area (Å²) in [4.78, 5) is 22.5. The Balaban J connectivity index is 2.79. The van der Waals surface area contributed by atoms with E-state index in [1.807, 2.05) is 0 Å². The lowest BCUT2D eigenvalue weighted by atomic mass is 10.3.